The van der Waals surface area contributed by atoms with E-state index in [9.17, 15) is 0 Å². The minimum Gasteiger partial charge on any atom is -0.306 e. The first-order valence-corrected chi connectivity index (χ1v) is 4.49. The van der Waals surface area contributed by atoms with Gasteiger partial charge >= 0.3 is 0 Å². The van der Waals surface area contributed by atoms with Crippen LogP contribution in [0.15, 0.2) is 18.2 Å². The van der Waals surface area contributed by atoms with Crippen LogP contribution in [0, 0.1) is 6.07 Å². The normalized spacial score (nSPS) is 15.6. The third-order valence-electron chi connectivity index (χ3n) is 2.53. The molecule has 1 aromatic carbocycles. The Labute approximate surface area is 105 Å². The molecule has 0 unspecified atom stereocenters. The summed E-state index contributed by atoms with van der Waals surface area (Å²) in [6.45, 7) is 6.71. The van der Waals surface area contributed by atoms with Gasteiger partial charge in [-0.05, 0) is 20.4 Å². The molecule has 0 spiro atoms. The second-order valence-electron chi connectivity index (χ2n) is 3.69. The van der Waals surface area contributed by atoms with Crippen molar-refractivity contribution in [1.29, 1.82) is 0 Å². The van der Waals surface area contributed by atoms with Crippen molar-refractivity contribution in [3.8, 4) is 0 Å². The minimum atomic E-state index is 0. The van der Waals surface area contributed by atoms with Crippen LogP contribution in [0.25, 0.3) is 0 Å². The molecule has 2 rings (SSSR count). The topological polar surface area (TPSA) is 3.24 Å². The van der Waals surface area contributed by atoms with Crippen molar-refractivity contribution in [2.75, 3.05) is 0 Å². The summed E-state index contributed by atoms with van der Waals surface area (Å²) in [4.78, 5) is 2.47. The van der Waals surface area contributed by atoms with Gasteiger partial charge in [0, 0.05) is 45.3 Å². The van der Waals surface area contributed by atoms with E-state index in [1.54, 1.807) is 0 Å². The zero-order valence-electron chi connectivity index (χ0n) is 8.25. The number of rotatable bonds is 1. The van der Waals surface area contributed by atoms with Gasteiger partial charge in [0.15, 0.2) is 0 Å². The van der Waals surface area contributed by atoms with E-state index >= 15 is 0 Å². The molecule has 1 radical (unpaired) electrons. The first-order chi connectivity index (χ1) is 5.77. The first kappa shape index (κ1) is 11.4. The Morgan fingerprint density at radius 1 is 1.31 bits per heavy atom. The molecule has 1 nitrogen and oxygen atoms in total. The monoisotopic (exact) mass is 249 g/mol. The molecular formula is C11H14NY-. The van der Waals surface area contributed by atoms with Gasteiger partial charge in [0.25, 0.3) is 0 Å². The number of hydrogen-bond donors (Lipinski definition) is 0. The summed E-state index contributed by atoms with van der Waals surface area (Å²) < 4.78 is 0. The van der Waals surface area contributed by atoms with Crippen LogP contribution in [0.5, 0.6) is 0 Å². The van der Waals surface area contributed by atoms with E-state index in [-0.39, 0.29) is 32.7 Å². The van der Waals surface area contributed by atoms with Crippen molar-refractivity contribution in [1.82, 2.24) is 4.90 Å². The largest absolute Gasteiger partial charge is 0.306 e. The Hall–Kier alpha value is 0.284. The van der Waals surface area contributed by atoms with Crippen molar-refractivity contribution >= 4 is 0 Å². The third-order valence-corrected chi connectivity index (χ3v) is 2.53. The summed E-state index contributed by atoms with van der Waals surface area (Å²) in [5.74, 6) is 0. The molecule has 1 aliphatic rings. The van der Waals surface area contributed by atoms with Gasteiger partial charge in [0.05, 0.1) is 0 Å². The number of hydrogen-bond acceptors (Lipinski definition) is 1. The smallest absolute Gasteiger partial charge is 0.00336 e. The van der Waals surface area contributed by atoms with Gasteiger partial charge in [-0.1, -0.05) is 0 Å². The van der Waals surface area contributed by atoms with Gasteiger partial charge in [0.1, 0.15) is 0 Å². The molecule has 0 aliphatic carbocycles. The van der Waals surface area contributed by atoms with Crippen molar-refractivity contribution in [2.45, 2.75) is 33.0 Å². The molecule has 1 aliphatic heterocycles. The average Bonchev–Trinajstić information content (AvgIpc) is 2.46. The van der Waals surface area contributed by atoms with Gasteiger partial charge in [-0.25, -0.2) is 0 Å². The molecule has 0 atom stereocenters. The van der Waals surface area contributed by atoms with E-state index in [4.69, 9.17) is 0 Å². The maximum absolute atomic E-state index is 3.13. The number of fused-ring (bicyclic) bond motifs is 1. The fourth-order valence-electron chi connectivity index (χ4n) is 1.66. The summed E-state index contributed by atoms with van der Waals surface area (Å²) in [5.41, 5.74) is 2.92. The molecular weight excluding hydrogens is 235 g/mol. The summed E-state index contributed by atoms with van der Waals surface area (Å²) in [6.07, 6.45) is 0. The summed E-state index contributed by atoms with van der Waals surface area (Å²) in [5, 5.41) is 0. The third kappa shape index (κ3) is 2.40. The maximum Gasteiger partial charge on any atom is 0.00336 e. The Morgan fingerprint density at radius 2 is 2.00 bits per heavy atom. The summed E-state index contributed by atoms with van der Waals surface area (Å²) in [7, 11) is 0. The Kier molecular flexibility index (Phi) is 4.09. The molecule has 0 bridgehead atoms. The molecule has 1 heterocycles. The Bertz CT molecular complexity index is 258. The molecule has 1 aromatic rings. The van der Waals surface area contributed by atoms with Crippen LogP contribution in [0.1, 0.15) is 25.0 Å². The van der Waals surface area contributed by atoms with E-state index in [0.29, 0.717) is 6.04 Å². The molecule has 0 amide bonds. The zero-order chi connectivity index (χ0) is 8.55. The van der Waals surface area contributed by atoms with Gasteiger partial charge < -0.3 is 4.90 Å². The standard InChI is InChI=1S/C11H14N.Y/c1-9(2)12-7-10-5-3-4-6-11(10)8-12;/h3,5-6,9H,7-8H2,1-2H3;/q-1;. The second-order valence-corrected chi connectivity index (χ2v) is 3.69. The predicted octanol–water partition coefficient (Wildman–Crippen LogP) is 2.21. The molecule has 0 N–H and O–H groups in total. The van der Waals surface area contributed by atoms with Crippen molar-refractivity contribution in [3.63, 3.8) is 0 Å². The van der Waals surface area contributed by atoms with Crippen molar-refractivity contribution < 1.29 is 32.7 Å². The SMILES string of the molecule is CC(C)N1Cc2c[c-]ccc2C1.[Y]. The average molecular weight is 249 g/mol. The van der Waals surface area contributed by atoms with E-state index < -0.39 is 0 Å². The van der Waals surface area contributed by atoms with Crippen LogP contribution in [0.2, 0.25) is 0 Å². The van der Waals surface area contributed by atoms with Crippen molar-refractivity contribution in [3.05, 3.63) is 35.4 Å². The molecule has 2 heteroatoms. The summed E-state index contributed by atoms with van der Waals surface area (Å²) >= 11 is 0. The molecule has 0 saturated carbocycles. The minimum absolute atomic E-state index is 0. The van der Waals surface area contributed by atoms with E-state index in [1.807, 2.05) is 6.07 Å². The van der Waals surface area contributed by atoms with Crippen LogP contribution in [0.3, 0.4) is 0 Å². The fraction of sp³-hybridized carbons (Fsp3) is 0.455. The van der Waals surface area contributed by atoms with Crippen LogP contribution >= 0.6 is 0 Å². The number of nitrogens with zero attached hydrogens (tertiary/aromatic N) is 1. The molecule has 0 fully saturated rings. The zero-order valence-corrected chi connectivity index (χ0v) is 11.1. The first-order valence-electron chi connectivity index (χ1n) is 4.49. The van der Waals surface area contributed by atoms with Crippen molar-refractivity contribution in [2.24, 2.45) is 0 Å². The quantitative estimate of drug-likeness (QED) is 0.690. The van der Waals surface area contributed by atoms with E-state index in [2.05, 4.69) is 36.9 Å². The second kappa shape index (κ2) is 4.68. The Balaban J connectivity index is 0.000000845. The van der Waals surface area contributed by atoms with E-state index in [0.717, 1.165) is 13.1 Å². The van der Waals surface area contributed by atoms with E-state index in [1.165, 1.54) is 11.1 Å². The molecule has 67 valence electrons. The van der Waals surface area contributed by atoms with Gasteiger partial charge in [0.2, 0.25) is 0 Å². The van der Waals surface area contributed by atoms with Gasteiger partial charge in [-0.3, -0.25) is 0 Å². The van der Waals surface area contributed by atoms with Crippen LogP contribution < -0.4 is 0 Å². The molecule has 13 heavy (non-hydrogen) atoms. The van der Waals surface area contributed by atoms with Gasteiger partial charge in [-0.2, -0.15) is 24.3 Å². The van der Waals surface area contributed by atoms with Crippen LogP contribution in [-0.2, 0) is 45.8 Å². The molecule has 0 saturated heterocycles. The van der Waals surface area contributed by atoms with Gasteiger partial charge in [-0.15, -0.1) is 11.1 Å². The maximum atomic E-state index is 3.13. The summed E-state index contributed by atoms with van der Waals surface area (Å²) in [6, 6.07) is 10.1. The Morgan fingerprint density at radius 3 is 2.62 bits per heavy atom. The predicted molar refractivity (Wildman–Crippen MR) is 49.7 cm³/mol. The van der Waals surface area contributed by atoms with Crippen LogP contribution in [0.4, 0.5) is 0 Å². The number of benzene rings is 1. The molecule has 0 aromatic heterocycles. The fourth-order valence-corrected chi connectivity index (χ4v) is 1.66. The van der Waals surface area contributed by atoms with Crippen LogP contribution in [-0.4, -0.2) is 10.9 Å².